The molecule has 0 radical (unpaired) electrons. The summed E-state index contributed by atoms with van der Waals surface area (Å²) in [6.07, 6.45) is 1.38. The van der Waals surface area contributed by atoms with Crippen LogP contribution in [0.2, 0.25) is 5.02 Å². The predicted octanol–water partition coefficient (Wildman–Crippen LogP) is 2.98. The number of benzene rings is 1. The summed E-state index contributed by atoms with van der Waals surface area (Å²) in [4.78, 5) is 16.0. The minimum Gasteiger partial charge on any atom is -0.348 e. The lowest BCUT2D eigenvalue weighted by Crippen LogP contribution is -2.24. The molecule has 0 bridgehead atoms. The van der Waals surface area contributed by atoms with Crippen molar-refractivity contribution in [1.82, 2.24) is 10.3 Å². The van der Waals surface area contributed by atoms with Crippen LogP contribution >= 0.6 is 11.6 Å². The summed E-state index contributed by atoms with van der Waals surface area (Å²) in [6.45, 7) is 1.76. The number of nitrogens with zero attached hydrogens (tertiary/aromatic N) is 2. The van der Waals surface area contributed by atoms with Crippen LogP contribution in [0.3, 0.4) is 0 Å². The van der Waals surface area contributed by atoms with Gasteiger partial charge in [0.25, 0.3) is 5.91 Å². The zero-order chi connectivity index (χ0) is 15.4. The van der Waals surface area contributed by atoms with Gasteiger partial charge < -0.3 is 5.32 Å². The van der Waals surface area contributed by atoms with Gasteiger partial charge in [-0.25, -0.2) is 4.39 Å². The van der Waals surface area contributed by atoms with E-state index in [-0.39, 0.29) is 17.7 Å². The average Bonchev–Trinajstić information content (AvgIpc) is 2.45. The van der Waals surface area contributed by atoms with Crippen LogP contribution in [0.25, 0.3) is 0 Å². The largest absolute Gasteiger partial charge is 0.348 e. The number of pyridine rings is 1. The molecule has 1 amide bonds. The second-order valence-corrected chi connectivity index (χ2v) is 4.81. The zero-order valence-electron chi connectivity index (χ0n) is 11.2. The average molecular weight is 304 g/mol. The quantitative estimate of drug-likeness (QED) is 0.948. The van der Waals surface area contributed by atoms with Gasteiger partial charge in [-0.2, -0.15) is 5.26 Å². The van der Waals surface area contributed by atoms with Crippen LogP contribution in [0.1, 0.15) is 27.2 Å². The summed E-state index contributed by atoms with van der Waals surface area (Å²) in [7, 11) is 0. The van der Waals surface area contributed by atoms with Crippen LogP contribution < -0.4 is 5.32 Å². The lowest BCUT2D eigenvalue weighted by Gasteiger charge is -2.08. The molecule has 0 unspecified atom stereocenters. The van der Waals surface area contributed by atoms with Gasteiger partial charge in [0.1, 0.15) is 5.82 Å². The van der Waals surface area contributed by atoms with Gasteiger partial charge in [-0.1, -0.05) is 17.7 Å². The van der Waals surface area contributed by atoms with E-state index in [1.165, 1.54) is 18.3 Å². The number of aromatic nitrogens is 1. The molecule has 0 aliphatic rings. The van der Waals surface area contributed by atoms with Crippen LogP contribution in [-0.4, -0.2) is 10.9 Å². The summed E-state index contributed by atoms with van der Waals surface area (Å²) < 4.78 is 13.7. The van der Waals surface area contributed by atoms with E-state index in [1.807, 2.05) is 6.07 Å². The molecule has 0 atom stereocenters. The van der Waals surface area contributed by atoms with Gasteiger partial charge in [-0.15, -0.1) is 0 Å². The van der Waals surface area contributed by atoms with Crippen molar-refractivity contribution in [1.29, 1.82) is 5.26 Å². The van der Waals surface area contributed by atoms with Crippen LogP contribution in [0.4, 0.5) is 4.39 Å². The van der Waals surface area contributed by atoms with Gasteiger partial charge in [0, 0.05) is 24.0 Å². The zero-order valence-corrected chi connectivity index (χ0v) is 11.9. The summed E-state index contributed by atoms with van der Waals surface area (Å²) >= 11 is 5.97. The lowest BCUT2D eigenvalue weighted by molar-refractivity contribution is 0.0950. The molecule has 1 aromatic heterocycles. The predicted molar refractivity (Wildman–Crippen MR) is 76.3 cm³/mol. The highest BCUT2D eigenvalue weighted by atomic mass is 35.5. The highest BCUT2D eigenvalue weighted by molar-refractivity contribution is 6.33. The van der Waals surface area contributed by atoms with Gasteiger partial charge in [0.05, 0.1) is 22.2 Å². The maximum Gasteiger partial charge on any atom is 0.254 e. The molecule has 2 aromatic rings. The molecule has 4 nitrogen and oxygen atoms in total. The molecule has 0 saturated carbocycles. The van der Waals surface area contributed by atoms with Gasteiger partial charge in [0.2, 0.25) is 0 Å². The molecule has 2 rings (SSSR count). The molecule has 0 fully saturated rings. The maximum atomic E-state index is 13.7. The van der Waals surface area contributed by atoms with Crippen LogP contribution in [-0.2, 0) is 6.54 Å². The van der Waals surface area contributed by atoms with E-state index in [4.69, 9.17) is 16.9 Å². The van der Waals surface area contributed by atoms with Crippen molar-refractivity contribution in [3.8, 4) is 6.07 Å². The number of nitrogens with one attached hydrogen (secondary N) is 1. The molecule has 1 N–H and O–H groups in total. The first kappa shape index (κ1) is 14.9. The van der Waals surface area contributed by atoms with E-state index >= 15 is 0 Å². The van der Waals surface area contributed by atoms with E-state index in [0.29, 0.717) is 16.3 Å². The molecule has 0 saturated heterocycles. The minimum absolute atomic E-state index is 0.000576. The topological polar surface area (TPSA) is 65.8 Å². The van der Waals surface area contributed by atoms with E-state index < -0.39 is 11.7 Å². The molecular weight excluding hydrogens is 293 g/mol. The standard InChI is InChI=1S/C15H11ClFN3O/c1-9-4-13(16)12(8-19-9)15(21)20-7-11-3-2-10(6-18)5-14(11)17/h2-5,8H,7H2,1H3,(H,20,21). The number of hydrogen-bond donors (Lipinski definition) is 1. The van der Waals surface area contributed by atoms with Crippen molar-refractivity contribution in [2.45, 2.75) is 13.5 Å². The van der Waals surface area contributed by atoms with Gasteiger partial charge >= 0.3 is 0 Å². The summed E-state index contributed by atoms with van der Waals surface area (Å²) in [5.41, 5.74) is 1.46. The Labute approximate surface area is 126 Å². The van der Waals surface area contributed by atoms with Crippen molar-refractivity contribution in [2.24, 2.45) is 0 Å². The number of aryl methyl sites for hydroxylation is 1. The number of halogens is 2. The Kier molecular flexibility index (Phi) is 4.51. The highest BCUT2D eigenvalue weighted by Gasteiger charge is 2.12. The number of rotatable bonds is 3. The summed E-state index contributed by atoms with van der Waals surface area (Å²) in [6, 6.07) is 7.51. The molecule has 1 heterocycles. The third-order valence-corrected chi connectivity index (χ3v) is 3.17. The second kappa shape index (κ2) is 6.33. The molecule has 1 aromatic carbocycles. The molecular formula is C15H11ClFN3O. The first-order chi connectivity index (χ1) is 10.0. The van der Waals surface area contributed by atoms with Crippen molar-refractivity contribution in [3.63, 3.8) is 0 Å². The number of carbonyl (C=O) groups excluding carboxylic acids is 1. The van der Waals surface area contributed by atoms with Gasteiger partial charge in [-0.3, -0.25) is 9.78 Å². The first-order valence-electron chi connectivity index (χ1n) is 6.10. The van der Waals surface area contributed by atoms with E-state index in [9.17, 15) is 9.18 Å². The Hall–Kier alpha value is -2.45. The third kappa shape index (κ3) is 3.56. The Morgan fingerprint density at radius 2 is 2.24 bits per heavy atom. The normalized spacial score (nSPS) is 10.0. The summed E-state index contributed by atoms with van der Waals surface area (Å²) in [5.74, 6) is -0.973. The van der Waals surface area contributed by atoms with Gasteiger partial charge in [-0.05, 0) is 25.1 Å². The lowest BCUT2D eigenvalue weighted by atomic mass is 10.1. The molecule has 106 valence electrons. The Morgan fingerprint density at radius 3 is 2.86 bits per heavy atom. The van der Waals surface area contributed by atoms with Crippen LogP contribution in [0.15, 0.2) is 30.5 Å². The van der Waals surface area contributed by atoms with Crippen molar-refractivity contribution in [2.75, 3.05) is 0 Å². The monoisotopic (exact) mass is 303 g/mol. The van der Waals surface area contributed by atoms with E-state index in [1.54, 1.807) is 13.0 Å². The molecule has 6 heteroatoms. The van der Waals surface area contributed by atoms with Crippen LogP contribution in [0.5, 0.6) is 0 Å². The second-order valence-electron chi connectivity index (χ2n) is 4.41. The minimum atomic E-state index is -0.539. The van der Waals surface area contributed by atoms with Crippen molar-refractivity contribution >= 4 is 17.5 Å². The molecule has 0 aliphatic heterocycles. The molecule has 21 heavy (non-hydrogen) atoms. The molecule has 0 aliphatic carbocycles. The molecule has 0 spiro atoms. The first-order valence-corrected chi connectivity index (χ1v) is 6.48. The Morgan fingerprint density at radius 1 is 1.48 bits per heavy atom. The van der Waals surface area contributed by atoms with E-state index in [0.717, 1.165) is 6.07 Å². The van der Waals surface area contributed by atoms with Crippen molar-refractivity contribution < 1.29 is 9.18 Å². The smallest absolute Gasteiger partial charge is 0.254 e. The number of nitriles is 1. The number of amides is 1. The van der Waals surface area contributed by atoms with E-state index in [2.05, 4.69) is 10.3 Å². The Balaban J connectivity index is 2.09. The van der Waals surface area contributed by atoms with Crippen LogP contribution in [0, 0.1) is 24.1 Å². The van der Waals surface area contributed by atoms with Crippen molar-refractivity contribution in [3.05, 3.63) is 63.7 Å². The third-order valence-electron chi connectivity index (χ3n) is 2.86. The number of hydrogen-bond acceptors (Lipinski definition) is 3. The fraction of sp³-hybridized carbons (Fsp3) is 0.133. The highest BCUT2D eigenvalue weighted by Crippen LogP contribution is 2.16. The SMILES string of the molecule is Cc1cc(Cl)c(C(=O)NCc2ccc(C#N)cc2F)cn1. The van der Waals surface area contributed by atoms with Gasteiger partial charge in [0.15, 0.2) is 0 Å². The number of carbonyl (C=O) groups is 1. The summed E-state index contributed by atoms with van der Waals surface area (Å²) in [5, 5.41) is 11.5. The fourth-order valence-corrected chi connectivity index (χ4v) is 2.02. The fourth-order valence-electron chi connectivity index (χ4n) is 1.72. The Bertz CT molecular complexity index is 740. The maximum absolute atomic E-state index is 13.7.